The topological polar surface area (TPSA) is 118 Å². The number of nitrogens with zero attached hydrogens (tertiary/aromatic N) is 1. The summed E-state index contributed by atoms with van der Waals surface area (Å²) < 4.78 is 24.7. The predicted octanol–water partition coefficient (Wildman–Crippen LogP) is 1.91. The third-order valence-corrected chi connectivity index (χ3v) is 4.53. The molecule has 2 aromatic carbocycles. The number of hydrogen-bond donors (Lipinski definition) is 2. The number of aromatic carboxylic acids is 1. The highest BCUT2D eigenvalue weighted by atomic mass is 32.2. The van der Waals surface area contributed by atoms with E-state index >= 15 is 0 Å². The second-order valence-electron chi connectivity index (χ2n) is 4.10. The molecule has 0 saturated carbocycles. The van der Waals surface area contributed by atoms with Crippen LogP contribution in [0.1, 0.15) is 10.4 Å². The number of hydrogen-bond acceptors (Lipinski definition) is 6. The Morgan fingerprint density at radius 2 is 1.67 bits per heavy atom. The summed E-state index contributed by atoms with van der Waals surface area (Å²) in [6.07, 6.45) is 0. The van der Waals surface area contributed by atoms with Gasteiger partial charge in [0, 0.05) is 0 Å². The average Bonchev–Trinajstić information content (AvgIpc) is 2.47. The van der Waals surface area contributed by atoms with Crippen LogP contribution < -0.4 is 5.23 Å². The van der Waals surface area contributed by atoms with Crippen LogP contribution in [-0.2, 0) is 9.84 Å². The summed E-state index contributed by atoms with van der Waals surface area (Å²) in [7, 11) is -3.91. The quantitative estimate of drug-likeness (QED) is 0.828. The van der Waals surface area contributed by atoms with E-state index in [0.29, 0.717) is 0 Å². The van der Waals surface area contributed by atoms with E-state index in [-0.39, 0.29) is 21.0 Å². The first-order valence-electron chi connectivity index (χ1n) is 5.67. The highest BCUT2D eigenvalue weighted by molar-refractivity contribution is 7.91. The van der Waals surface area contributed by atoms with Gasteiger partial charge >= 0.3 is 5.97 Å². The molecule has 21 heavy (non-hydrogen) atoms. The van der Waals surface area contributed by atoms with E-state index < -0.39 is 21.0 Å². The van der Waals surface area contributed by atoms with Gasteiger partial charge in [-0.2, -0.15) is 0 Å². The molecule has 0 amide bonds. The Kier molecular flexibility index (Phi) is 3.94. The number of sulfone groups is 1. The molecule has 0 fully saturated rings. The normalized spacial score (nSPS) is 11.1. The van der Waals surface area contributed by atoms with E-state index in [1.54, 1.807) is 0 Å². The van der Waals surface area contributed by atoms with Crippen molar-refractivity contribution in [2.75, 3.05) is 5.23 Å². The molecule has 7 nitrogen and oxygen atoms in total. The molecular weight excluding hydrogens is 298 g/mol. The molecule has 8 heteroatoms. The van der Waals surface area contributed by atoms with Gasteiger partial charge in [-0.3, -0.25) is 5.21 Å². The van der Waals surface area contributed by atoms with Crippen molar-refractivity contribution in [3.63, 3.8) is 0 Å². The summed E-state index contributed by atoms with van der Waals surface area (Å²) in [5.41, 5.74) is -0.262. The van der Waals surface area contributed by atoms with E-state index in [2.05, 4.69) is 0 Å². The van der Waals surface area contributed by atoms with Crippen LogP contribution in [0.2, 0.25) is 0 Å². The lowest BCUT2D eigenvalue weighted by Crippen LogP contribution is -2.09. The van der Waals surface area contributed by atoms with E-state index in [1.807, 2.05) is 0 Å². The van der Waals surface area contributed by atoms with Gasteiger partial charge in [-0.1, -0.05) is 6.07 Å². The van der Waals surface area contributed by atoms with Crippen LogP contribution in [0.15, 0.2) is 58.3 Å². The fourth-order valence-corrected chi connectivity index (χ4v) is 2.98. The minimum Gasteiger partial charge on any atom is -0.733 e. The maximum Gasteiger partial charge on any atom is 0.335 e. The summed E-state index contributed by atoms with van der Waals surface area (Å²) in [4.78, 5) is 10.4. The Bertz CT molecular complexity index is 768. The van der Waals surface area contributed by atoms with Crippen molar-refractivity contribution in [2.45, 2.75) is 9.79 Å². The molecule has 0 aliphatic heterocycles. The largest absolute Gasteiger partial charge is 0.733 e. The molecule has 0 aliphatic rings. The van der Waals surface area contributed by atoms with Crippen molar-refractivity contribution in [1.29, 1.82) is 0 Å². The maximum absolute atomic E-state index is 12.3. The van der Waals surface area contributed by atoms with Crippen LogP contribution in [0.5, 0.6) is 0 Å². The second kappa shape index (κ2) is 5.52. The van der Waals surface area contributed by atoms with Gasteiger partial charge in [0.05, 0.1) is 21.0 Å². The first-order valence-corrected chi connectivity index (χ1v) is 7.15. The lowest BCUT2D eigenvalue weighted by Gasteiger charge is -2.21. The van der Waals surface area contributed by atoms with Gasteiger partial charge in [0.1, 0.15) is 0 Å². The van der Waals surface area contributed by atoms with E-state index in [1.165, 1.54) is 42.5 Å². The van der Waals surface area contributed by atoms with Crippen LogP contribution in [0.4, 0.5) is 5.69 Å². The highest BCUT2D eigenvalue weighted by Gasteiger charge is 2.18. The van der Waals surface area contributed by atoms with Crippen LogP contribution in [0.25, 0.3) is 0 Å². The third kappa shape index (κ3) is 3.02. The number of carbonyl (C=O) groups is 1. The molecule has 0 aromatic heterocycles. The highest BCUT2D eigenvalue weighted by Crippen LogP contribution is 2.24. The van der Waals surface area contributed by atoms with Crippen LogP contribution in [-0.4, -0.2) is 24.7 Å². The maximum atomic E-state index is 12.3. The molecule has 0 saturated heterocycles. The Morgan fingerprint density at radius 1 is 1.05 bits per heavy atom. The zero-order valence-electron chi connectivity index (χ0n) is 10.5. The number of anilines is 1. The van der Waals surface area contributed by atoms with Gasteiger partial charge in [-0.05, 0) is 42.5 Å². The molecule has 2 rings (SSSR count). The Morgan fingerprint density at radius 3 is 2.19 bits per heavy atom. The summed E-state index contributed by atoms with van der Waals surface area (Å²) in [6, 6.07) is 9.53. The lowest BCUT2D eigenvalue weighted by molar-refractivity contribution is 0.0696. The standard InChI is InChI=1S/C13H10NO6S/c15-13(16)9-4-6-11(7-5-9)21(19,20)12-3-1-2-10(8-12)14(17)18/h1-8,17H,(H,15,16)/q-1. The second-order valence-corrected chi connectivity index (χ2v) is 6.05. The van der Waals surface area contributed by atoms with Crippen molar-refractivity contribution < 1.29 is 23.5 Å². The number of carboxylic acid groups (broad SMARTS) is 1. The summed E-state index contributed by atoms with van der Waals surface area (Å²) in [5.74, 6) is -1.16. The zero-order chi connectivity index (χ0) is 15.6. The SMILES string of the molecule is O=C(O)c1ccc(S(=O)(=O)c2cccc(N([O-])O)c2)cc1. The Hall–Kier alpha value is -2.42. The minimum absolute atomic E-state index is 0.0382. The fraction of sp³-hybridized carbons (Fsp3) is 0. The lowest BCUT2D eigenvalue weighted by atomic mass is 10.2. The molecule has 0 bridgehead atoms. The first kappa shape index (κ1) is 15.0. The van der Waals surface area contributed by atoms with Crippen molar-refractivity contribution in [3.05, 3.63) is 59.3 Å². The Balaban J connectivity index is 2.46. The first-order chi connectivity index (χ1) is 9.82. The van der Waals surface area contributed by atoms with E-state index in [9.17, 15) is 18.4 Å². The van der Waals surface area contributed by atoms with Gasteiger partial charge in [-0.25, -0.2) is 13.2 Å². The smallest absolute Gasteiger partial charge is 0.335 e. The fourth-order valence-electron chi connectivity index (χ4n) is 1.68. The van der Waals surface area contributed by atoms with Crippen molar-refractivity contribution >= 4 is 21.5 Å². The van der Waals surface area contributed by atoms with Gasteiger partial charge < -0.3 is 15.5 Å². The summed E-state index contributed by atoms with van der Waals surface area (Å²) >= 11 is 0. The monoisotopic (exact) mass is 308 g/mol. The molecule has 0 aliphatic carbocycles. The van der Waals surface area contributed by atoms with Crippen molar-refractivity contribution in [1.82, 2.24) is 0 Å². The molecule has 0 unspecified atom stereocenters. The zero-order valence-corrected chi connectivity index (χ0v) is 11.3. The van der Waals surface area contributed by atoms with Gasteiger partial charge in [-0.15, -0.1) is 0 Å². The number of rotatable bonds is 4. The van der Waals surface area contributed by atoms with E-state index in [4.69, 9.17) is 10.3 Å². The third-order valence-electron chi connectivity index (χ3n) is 2.76. The molecule has 0 spiro atoms. The summed E-state index contributed by atoms with van der Waals surface area (Å²) in [5, 5.41) is 27.9. The predicted molar refractivity (Wildman–Crippen MR) is 72.9 cm³/mol. The van der Waals surface area contributed by atoms with E-state index in [0.717, 1.165) is 6.07 Å². The van der Waals surface area contributed by atoms with Crippen molar-refractivity contribution in [2.24, 2.45) is 0 Å². The summed E-state index contributed by atoms with van der Waals surface area (Å²) in [6.45, 7) is 0. The molecule has 2 N–H and O–H groups in total. The molecule has 110 valence electrons. The van der Waals surface area contributed by atoms with Gasteiger partial charge in [0.2, 0.25) is 9.84 Å². The van der Waals surface area contributed by atoms with Crippen LogP contribution >= 0.6 is 0 Å². The number of benzene rings is 2. The molecule has 0 radical (unpaired) electrons. The van der Waals surface area contributed by atoms with Crippen LogP contribution in [0.3, 0.4) is 0 Å². The molecule has 2 aromatic rings. The molecule has 0 atom stereocenters. The number of carboxylic acids is 1. The Labute approximate surface area is 120 Å². The van der Waals surface area contributed by atoms with Crippen LogP contribution in [0, 0.1) is 5.21 Å². The average molecular weight is 308 g/mol. The van der Waals surface area contributed by atoms with Gasteiger partial charge in [0.25, 0.3) is 0 Å². The molecule has 0 heterocycles. The van der Waals surface area contributed by atoms with Gasteiger partial charge in [0.15, 0.2) is 0 Å². The van der Waals surface area contributed by atoms with Crippen molar-refractivity contribution in [3.8, 4) is 0 Å². The minimum atomic E-state index is -3.91. The molecular formula is C13H10NO6S-.